The van der Waals surface area contributed by atoms with Gasteiger partial charge in [-0.25, -0.2) is 4.79 Å². The molecule has 2 aromatic rings. The molecule has 138 valence electrons. The van der Waals surface area contributed by atoms with Crippen molar-refractivity contribution in [3.05, 3.63) is 63.1 Å². The van der Waals surface area contributed by atoms with Crippen molar-refractivity contribution in [2.24, 2.45) is 0 Å². The highest BCUT2D eigenvalue weighted by atomic mass is 35.5. The van der Waals surface area contributed by atoms with Gasteiger partial charge in [0.15, 0.2) is 6.61 Å². The summed E-state index contributed by atoms with van der Waals surface area (Å²) < 4.78 is 10.2. The molecule has 1 N–H and O–H groups in total. The normalized spacial score (nSPS) is 11.6. The SMILES string of the molecule is COc1ccc(C)cc1C(=O)OCC(=O)N[C@@H](C)c1ccc(Cl)cc1Cl. The van der Waals surface area contributed by atoms with E-state index in [1.807, 2.05) is 13.0 Å². The molecule has 1 atom stereocenters. The number of halogens is 2. The lowest BCUT2D eigenvalue weighted by molar-refractivity contribution is -0.124. The standard InChI is InChI=1S/C19H19Cl2NO4/c1-11-4-7-17(25-3)15(8-11)19(24)26-10-18(23)22-12(2)14-6-5-13(20)9-16(14)21/h4-9,12H,10H2,1-3H3,(H,22,23)/t12-/m0/s1. The minimum Gasteiger partial charge on any atom is -0.496 e. The van der Waals surface area contributed by atoms with E-state index < -0.39 is 18.5 Å². The molecule has 1 amide bonds. The molecule has 5 nitrogen and oxygen atoms in total. The van der Waals surface area contributed by atoms with Crippen molar-refractivity contribution in [1.29, 1.82) is 0 Å². The molecule has 0 radical (unpaired) electrons. The van der Waals surface area contributed by atoms with Crippen LogP contribution in [-0.2, 0) is 9.53 Å². The Hall–Kier alpha value is -2.24. The predicted molar refractivity (Wildman–Crippen MR) is 101 cm³/mol. The van der Waals surface area contributed by atoms with E-state index in [1.165, 1.54) is 7.11 Å². The Bertz CT molecular complexity index is 823. The summed E-state index contributed by atoms with van der Waals surface area (Å²) in [6, 6.07) is 9.81. The number of carbonyl (C=O) groups is 2. The first-order valence-corrected chi connectivity index (χ1v) is 8.63. The van der Waals surface area contributed by atoms with Crippen molar-refractivity contribution in [1.82, 2.24) is 5.32 Å². The van der Waals surface area contributed by atoms with Crippen LogP contribution in [-0.4, -0.2) is 25.6 Å². The van der Waals surface area contributed by atoms with Crippen molar-refractivity contribution in [2.45, 2.75) is 19.9 Å². The maximum atomic E-state index is 12.2. The smallest absolute Gasteiger partial charge is 0.342 e. The van der Waals surface area contributed by atoms with E-state index in [-0.39, 0.29) is 11.6 Å². The van der Waals surface area contributed by atoms with Crippen LogP contribution in [0.2, 0.25) is 10.0 Å². The number of hydrogen-bond acceptors (Lipinski definition) is 4. The van der Waals surface area contributed by atoms with Crippen LogP contribution in [0.3, 0.4) is 0 Å². The molecule has 2 aromatic carbocycles. The molecule has 0 aliphatic carbocycles. The van der Waals surface area contributed by atoms with Gasteiger partial charge in [0.2, 0.25) is 0 Å². The fourth-order valence-corrected chi connectivity index (χ4v) is 2.98. The largest absolute Gasteiger partial charge is 0.496 e. The van der Waals surface area contributed by atoms with Crippen LogP contribution in [0.5, 0.6) is 5.75 Å². The molecule has 0 heterocycles. The van der Waals surface area contributed by atoms with Crippen LogP contribution in [0.25, 0.3) is 0 Å². The first-order valence-electron chi connectivity index (χ1n) is 7.88. The Labute approximate surface area is 162 Å². The molecule has 0 fully saturated rings. The number of benzene rings is 2. The van der Waals surface area contributed by atoms with Gasteiger partial charge < -0.3 is 14.8 Å². The third kappa shape index (κ3) is 5.13. The number of hydrogen-bond donors (Lipinski definition) is 1. The first-order chi connectivity index (χ1) is 12.3. The summed E-state index contributed by atoms with van der Waals surface area (Å²) in [6.07, 6.45) is 0. The van der Waals surface area contributed by atoms with Gasteiger partial charge in [-0.1, -0.05) is 40.9 Å². The quantitative estimate of drug-likeness (QED) is 0.738. The molecule has 26 heavy (non-hydrogen) atoms. The minimum absolute atomic E-state index is 0.272. The molecule has 0 saturated heterocycles. The van der Waals surface area contributed by atoms with Gasteiger partial charge >= 0.3 is 5.97 Å². The van der Waals surface area contributed by atoms with Crippen LogP contribution in [0.15, 0.2) is 36.4 Å². The molecule has 0 bridgehead atoms. The van der Waals surface area contributed by atoms with Crippen LogP contribution >= 0.6 is 23.2 Å². The van der Waals surface area contributed by atoms with Crippen molar-refractivity contribution < 1.29 is 19.1 Å². The van der Waals surface area contributed by atoms with Gasteiger partial charge in [0.25, 0.3) is 5.91 Å². The van der Waals surface area contributed by atoms with Gasteiger partial charge in [0.05, 0.1) is 13.2 Å². The summed E-state index contributed by atoms with van der Waals surface area (Å²) in [5, 5.41) is 3.69. The number of amides is 1. The van der Waals surface area contributed by atoms with Gasteiger partial charge in [-0.3, -0.25) is 4.79 Å². The average Bonchev–Trinajstić information content (AvgIpc) is 2.59. The predicted octanol–water partition coefficient (Wildman–Crippen LogP) is 4.34. The second kappa shape index (κ2) is 8.92. The lowest BCUT2D eigenvalue weighted by Crippen LogP contribution is -2.31. The van der Waals surface area contributed by atoms with E-state index in [1.54, 1.807) is 37.3 Å². The second-order valence-corrected chi connectivity index (χ2v) is 6.58. The van der Waals surface area contributed by atoms with Gasteiger partial charge in [0.1, 0.15) is 11.3 Å². The van der Waals surface area contributed by atoms with Crippen molar-refractivity contribution in [2.75, 3.05) is 13.7 Å². The van der Waals surface area contributed by atoms with Crippen molar-refractivity contribution in [3.8, 4) is 5.75 Å². The van der Waals surface area contributed by atoms with Crippen molar-refractivity contribution >= 4 is 35.1 Å². The number of aryl methyl sites for hydroxylation is 1. The van der Waals surface area contributed by atoms with E-state index in [2.05, 4.69) is 5.32 Å². The van der Waals surface area contributed by atoms with Gasteiger partial charge in [0, 0.05) is 10.0 Å². The number of carbonyl (C=O) groups excluding carboxylic acids is 2. The summed E-state index contributed by atoms with van der Waals surface area (Å²) in [5.74, 6) is -0.677. The third-order valence-electron chi connectivity index (χ3n) is 3.72. The zero-order valence-electron chi connectivity index (χ0n) is 14.6. The van der Waals surface area contributed by atoms with Gasteiger partial charge in [-0.15, -0.1) is 0 Å². The van der Waals surface area contributed by atoms with Crippen LogP contribution in [0.4, 0.5) is 0 Å². The molecule has 7 heteroatoms. The lowest BCUT2D eigenvalue weighted by atomic mass is 10.1. The lowest BCUT2D eigenvalue weighted by Gasteiger charge is -2.16. The highest BCUT2D eigenvalue weighted by molar-refractivity contribution is 6.35. The fourth-order valence-electron chi connectivity index (χ4n) is 2.40. The maximum Gasteiger partial charge on any atom is 0.342 e. The average molecular weight is 396 g/mol. The Balaban J connectivity index is 1.96. The molecule has 0 aromatic heterocycles. The molecular formula is C19H19Cl2NO4. The fraction of sp³-hybridized carbons (Fsp3) is 0.263. The van der Waals surface area contributed by atoms with E-state index in [0.717, 1.165) is 11.1 Å². The van der Waals surface area contributed by atoms with E-state index in [0.29, 0.717) is 15.8 Å². The first kappa shape index (κ1) is 20.1. The number of ether oxygens (including phenoxy) is 2. The molecule has 0 saturated carbocycles. The zero-order chi connectivity index (χ0) is 19.3. The summed E-state index contributed by atoms with van der Waals surface area (Å²) >= 11 is 12.0. The number of nitrogens with one attached hydrogen (secondary N) is 1. The minimum atomic E-state index is -0.627. The summed E-state index contributed by atoms with van der Waals surface area (Å²) in [7, 11) is 1.46. The molecule has 0 aliphatic rings. The van der Waals surface area contributed by atoms with Crippen molar-refractivity contribution in [3.63, 3.8) is 0 Å². The van der Waals surface area contributed by atoms with Gasteiger partial charge in [-0.05, 0) is 43.7 Å². The molecule has 0 unspecified atom stereocenters. The van der Waals surface area contributed by atoms with E-state index in [4.69, 9.17) is 32.7 Å². The summed E-state index contributed by atoms with van der Waals surface area (Å²) in [4.78, 5) is 24.3. The highest BCUT2D eigenvalue weighted by Gasteiger charge is 2.17. The summed E-state index contributed by atoms with van der Waals surface area (Å²) in [5.41, 5.74) is 1.87. The highest BCUT2D eigenvalue weighted by Crippen LogP contribution is 2.26. The zero-order valence-corrected chi connectivity index (χ0v) is 16.1. The van der Waals surface area contributed by atoms with Crippen LogP contribution in [0, 0.1) is 6.92 Å². The third-order valence-corrected chi connectivity index (χ3v) is 4.28. The Morgan fingerprint density at radius 2 is 1.88 bits per heavy atom. The Kier molecular flexibility index (Phi) is 6.89. The molecule has 0 aliphatic heterocycles. The number of esters is 1. The Morgan fingerprint density at radius 1 is 1.15 bits per heavy atom. The summed E-state index contributed by atoms with van der Waals surface area (Å²) in [6.45, 7) is 3.21. The second-order valence-electron chi connectivity index (χ2n) is 5.73. The number of methoxy groups -OCH3 is 1. The van der Waals surface area contributed by atoms with Gasteiger partial charge in [-0.2, -0.15) is 0 Å². The van der Waals surface area contributed by atoms with E-state index in [9.17, 15) is 9.59 Å². The Morgan fingerprint density at radius 3 is 2.54 bits per heavy atom. The maximum absolute atomic E-state index is 12.2. The monoisotopic (exact) mass is 395 g/mol. The molecule has 0 spiro atoms. The van der Waals surface area contributed by atoms with Crippen LogP contribution in [0.1, 0.15) is 34.5 Å². The number of rotatable bonds is 6. The molecule has 2 rings (SSSR count). The topological polar surface area (TPSA) is 64.6 Å². The van der Waals surface area contributed by atoms with E-state index >= 15 is 0 Å². The molecular weight excluding hydrogens is 377 g/mol. The van der Waals surface area contributed by atoms with Crippen LogP contribution < -0.4 is 10.1 Å².